The van der Waals surface area contributed by atoms with Crippen molar-refractivity contribution in [3.63, 3.8) is 0 Å². The van der Waals surface area contributed by atoms with E-state index in [4.69, 9.17) is 16.3 Å². The molecule has 0 bridgehead atoms. The number of aromatic nitrogens is 1. The highest BCUT2D eigenvalue weighted by Gasteiger charge is 2.41. The van der Waals surface area contributed by atoms with Crippen LogP contribution in [0, 0.1) is 12.3 Å². The fourth-order valence-electron chi connectivity index (χ4n) is 4.54. The molecule has 0 radical (unpaired) electrons. The van der Waals surface area contributed by atoms with Gasteiger partial charge in [0.15, 0.2) is 0 Å². The van der Waals surface area contributed by atoms with Crippen molar-refractivity contribution in [2.45, 2.75) is 32.7 Å². The Hall–Kier alpha value is -2.90. The van der Waals surface area contributed by atoms with E-state index in [0.29, 0.717) is 48.3 Å². The van der Waals surface area contributed by atoms with E-state index in [1.165, 1.54) is 11.3 Å². The summed E-state index contributed by atoms with van der Waals surface area (Å²) in [6.45, 7) is 3.82. The maximum Gasteiger partial charge on any atom is 0.265 e. The van der Waals surface area contributed by atoms with Gasteiger partial charge in [0.05, 0.1) is 17.8 Å². The largest absolute Gasteiger partial charge is 0.493 e. The van der Waals surface area contributed by atoms with Gasteiger partial charge in [-0.3, -0.25) is 9.59 Å². The standard InChI is InChI=1S/C27H30ClN3O3S/c1-20-25(35-19-29-20)26(33)31-13-7-12-27(17-31,18-34-23-11-6-10-22(28)14-23)15-24(32)30(2)16-21-8-4-3-5-9-21/h3-6,8-11,14,19H,7,12-13,15-18H2,1-2H3/t27-/m0/s1. The second kappa shape index (κ2) is 11.2. The zero-order chi connectivity index (χ0) is 24.8. The van der Waals surface area contributed by atoms with Gasteiger partial charge in [-0.15, -0.1) is 11.3 Å². The Morgan fingerprint density at radius 1 is 1.20 bits per heavy atom. The van der Waals surface area contributed by atoms with E-state index in [2.05, 4.69) is 4.98 Å². The quantitative estimate of drug-likeness (QED) is 0.403. The van der Waals surface area contributed by atoms with E-state index in [9.17, 15) is 9.59 Å². The summed E-state index contributed by atoms with van der Waals surface area (Å²) in [5.74, 6) is 0.664. The molecule has 1 fully saturated rings. The van der Waals surface area contributed by atoms with E-state index in [-0.39, 0.29) is 11.8 Å². The molecule has 0 N–H and O–H groups in total. The summed E-state index contributed by atoms with van der Waals surface area (Å²) in [7, 11) is 1.83. The number of piperidine rings is 1. The molecule has 8 heteroatoms. The number of aryl methyl sites for hydroxylation is 1. The average Bonchev–Trinajstić information content (AvgIpc) is 3.29. The summed E-state index contributed by atoms with van der Waals surface area (Å²) in [6.07, 6.45) is 1.89. The Bertz CT molecular complexity index is 1170. The van der Waals surface area contributed by atoms with Crippen LogP contribution in [0.25, 0.3) is 0 Å². The third kappa shape index (κ3) is 6.41. The molecule has 0 unspecified atom stereocenters. The number of hydrogen-bond acceptors (Lipinski definition) is 5. The van der Waals surface area contributed by atoms with Gasteiger partial charge in [-0.2, -0.15) is 0 Å². The molecule has 3 aromatic rings. The zero-order valence-electron chi connectivity index (χ0n) is 20.1. The van der Waals surface area contributed by atoms with Crippen molar-refractivity contribution in [2.75, 3.05) is 26.7 Å². The minimum absolute atomic E-state index is 0.0260. The number of nitrogens with zero attached hydrogens (tertiary/aromatic N) is 3. The Morgan fingerprint density at radius 2 is 2.00 bits per heavy atom. The van der Waals surface area contributed by atoms with Crippen LogP contribution < -0.4 is 4.74 Å². The minimum atomic E-state index is -0.503. The molecule has 0 aliphatic carbocycles. The Kier molecular flexibility index (Phi) is 8.08. The maximum atomic E-state index is 13.4. The molecule has 0 saturated carbocycles. The lowest BCUT2D eigenvalue weighted by Gasteiger charge is -2.42. The third-order valence-electron chi connectivity index (χ3n) is 6.44. The lowest BCUT2D eigenvalue weighted by atomic mass is 9.77. The first kappa shape index (κ1) is 25.2. The number of rotatable bonds is 8. The molecule has 1 aliphatic rings. The van der Waals surface area contributed by atoms with Gasteiger partial charge in [0, 0.05) is 43.5 Å². The summed E-state index contributed by atoms with van der Waals surface area (Å²) in [5.41, 5.74) is 3.01. The normalized spacial score (nSPS) is 17.7. The number of amides is 2. The van der Waals surface area contributed by atoms with Gasteiger partial charge in [-0.1, -0.05) is 48.0 Å². The Balaban J connectivity index is 1.53. The van der Waals surface area contributed by atoms with Crippen molar-refractivity contribution in [1.82, 2.24) is 14.8 Å². The first-order chi connectivity index (χ1) is 16.8. The number of hydrogen-bond donors (Lipinski definition) is 0. The molecule has 2 heterocycles. The van der Waals surface area contributed by atoms with Crippen LogP contribution in [0.3, 0.4) is 0 Å². The third-order valence-corrected chi connectivity index (χ3v) is 7.60. The summed E-state index contributed by atoms with van der Waals surface area (Å²) in [6, 6.07) is 17.2. The first-order valence-electron chi connectivity index (χ1n) is 11.7. The average molecular weight is 512 g/mol. The predicted octanol–water partition coefficient (Wildman–Crippen LogP) is 5.46. The molecule has 6 nitrogen and oxygen atoms in total. The SMILES string of the molecule is Cc1ncsc1C(=O)N1CCC[C@](COc2cccc(Cl)c2)(CC(=O)N(C)Cc2ccccc2)C1. The van der Waals surface area contributed by atoms with Crippen molar-refractivity contribution < 1.29 is 14.3 Å². The number of ether oxygens (including phenoxy) is 1. The number of carbonyl (C=O) groups is 2. The van der Waals surface area contributed by atoms with Crippen LogP contribution in [0.5, 0.6) is 5.75 Å². The van der Waals surface area contributed by atoms with Gasteiger partial charge in [-0.25, -0.2) is 4.98 Å². The highest BCUT2D eigenvalue weighted by molar-refractivity contribution is 7.11. The van der Waals surface area contributed by atoms with Crippen LogP contribution in [-0.4, -0.2) is 53.3 Å². The molecule has 1 atom stereocenters. The van der Waals surface area contributed by atoms with Crippen molar-refractivity contribution >= 4 is 34.8 Å². The minimum Gasteiger partial charge on any atom is -0.493 e. The molecule has 184 valence electrons. The molecule has 1 saturated heterocycles. The monoisotopic (exact) mass is 511 g/mol. The molecule has 1 aromatic heterocycles. The summed E-state index contributed by atoms with van der Waals surface area (Å²) >= 11 is 7.50. The molecule has 0 spiro atoms. The lowest BCUT2D eigenvalue weighted by Crippen LogP contribution is -2.50. The first-order valence-corrected chi connectivity index (χ1v) is 13.0. The van der Waals surface area contributed by atoms with Crippen molar-refractivity contribution in [1.29, 1.82) is 0 Å². The molecule has 2 aromatic carbocycles. The van der Waals surface area contributed by atoms with Gasteiger partial charge in [0.2, 0.25) is 5.91 Å². The lowest BCUT2D eigenvalue weighted by molar-refractivity contribution is -0.134. The van der Waals surface area contributed by atoms with Gasteiger partial charge >= 0.3 is 0 Å². The molecule has 1 aliphatic heterocycles. The van der Waals surface area contributed by atoms with Crippen molar-refractivity contribution in [2.24, 2.45) is 5.41 Å². The second-order valence-corrected chi connectivity index (χ2v) is 10.5. The number of benzene rings is 2. The topological polar surface area (TPSA) is 62.7 Å². The molecule has 35 heavy (non-hydrogen) atoms. The Labute approximate surface area is 215 Å². The van der Waals surface area contributed by atoms with Gasteiger partial charge < -0.3 is 14.5 Å². The molecular weight excluding hydrogens is 482 g/mol. The predicted molar refractivity (Wildman–Crippen MR) is 139 cm³/mol. The Morgan fingerprint density at radius 3 is 2.71 bits per heavy atom. The van der Waals surface area contributed by atoms with Crippen LogP contribution in [0.2, 0.25) is 5.02 Å². The van der Waals surface area contributed by atoms with Crippen LogP contribution in [-0.2, 0) is 11.3 Å². The number of likely N-dealkylation sites (tertiary alicyclic amines) is 1. The highest BCUT2D eigenvalue weighted by Crippen LogP contribution is 2.36. The summed E-state index contributed by atoms with van der Waals surface area (Å²) in [5, 5.41) is 0.594. The van der Waals surface area contributed by atoms with E-state index < -0.39 is 5.41 Å². The number of halogens is 1. The number of thiazole rings is 1. The molecule has 4 rings (SSSR count). The van der Waals surface area contributed by atoms with Crippen LogP contribution in [0.1, 0.15) is 40.2 Å². The van der Waals surface area contributed by atoms with Gasteiger partial charge in [-0.05, 0) is 43.5 Å². The number of carbonyl (C=O) groups excluding carboxylic acids is 2. The van der Waals surface area contributed by atoms with Crippen molar-refractivity contribution in [3.05, 3.63) is 81.3 Å². The maximum absolute atomic E-state index is 13.4. The van der Waals surface area contributed by atoms with Crippen LogP contribution in [0.4, 0.5) is 0 Å². The summed E-state index contributed by atoms with van der Waals surface area (Å²) < 4.78 is 6.17. The highest BCUT2D eigenvalue weighted by atomic mass is 35.5. The van der Waals surface area contributed by atoms with Gasteiger partial charge in [0.1, 0.15) is 10.6 Å². The van der Waals surface area contributed by atoms with E-state index >= 15 is 0 Å². The van der Waals surface area contributed by atoms with E-state index in [1.807, 2.05) is 61.3 Å². The van der Waals surface area contributed by atoms with Crippen LogP contribution in [0.15, 0.2) is 60.1 Å². The zero-order valence-corrected chi connectivity index (χ0v) is 21.6. The van der Waals surface area contributed by atoms with Crippen LogP contribution >= 0.6 is 22.9 Å². The second-order valence-electron chi connectivity index (χ2n) is 9.26. The molecular formula is C27H30ClN3O3S. The smallest absolute Gasteiger partial charge is 0.265 e. The van der Waals surface area contributed by atoms with E-state index in [0.717, 1.165) is 24.1 Å². The van der Waals surface area contributed by atoms with Gasteiger partial charge in [0.25, 0.3) is 5.91 Å². The fraction of sp³-hybridized carbons (Fsp3) is 0.370. The van der Waals surface area contributed by atoms with E-state index in [1.54, 1.807) is 22.5 Å². The summed E-state index contributed by atoms with van der Waals surface area (Å²) in [4.78, 5) is 35.2. The van der Waals surface area contributed by atoms with Crippen molar-refractivity contribution in [3.8, 4) is 5.75 Å². The fourth-order valence-corrected chi connectivity index (χ4v) is 5.49. The molecule has 2 amide bonds.